The van der Waals surface area contributed by atoms with Gasteiger partial charge in [-0.1, -0.05) is 0 Å². The van der Waals surface area contributed by atoms with E-state index in [0.29, 0.717) is 6.42 Å². The predicted molar refractivity (Wildman–Crippen MR) is 64.2 cm³/mol. The molecule has 1 saturated heterocycles. The first-order valence-electron chi connectivity index (χ1n) is 4.54. The van der Waals surface area contributed by atoms with Crippen molar-refractivity contribution in [2.75, 3.05) is 20.2 Å². The van der Waals surface area contributed by atoms with Crippen molar-refractivity contribution in [3.63, 3.8) is 0 Å². The maximum absolute atomic E-state index is 11.2. The Balaban J connectivity index is 0.00000112. The summed E-state index contributed by atoms with van der Waals surface area (Å²) < 4.78 is 6.51. The average Bonchev–Trinajstić information content (AvgIpc) is 2.63. The molecule has 0 unspecified atom stereocenters. The van der Waals surface area contributed by atoms with Crippen LogP contribution < -0.4 is 5.32 Å². The number of carbonyl (C=O) groups excluding carboxylic acids is 1. The average molecular weight is 268 g/mol. The lowest BCUT2D eigenvalue weighted by Crippen LogP contribution is -2.61. The lowest BCUT2D eigenvalue weighted by atomic mass is 9.89. The highest BCUT2D eigenvalue weighted by Gasteiger charge is 2.41. The van der Waals surface area contributed by atoms with Crippen LogP contribution >= 0.6 is 24.8 Å². The first-order valence-corrected chi connectivity index (χ1v) is 4.54. The Morgan fingerprint density at radius 2 is 2.25 bits per heavy atom. The molecule has 5 nitrogen and oxygen atoms in total. The summed E-state index contributed by atoms with van der Waals surface area (Å²) in [6.07, 6.45) is 3.97. The third kappa shape index (κ3) is 2.66. The molecule has 0 aliphatic carbocycles. The SMILES string of the molecule is COC(=O)CC1(n2cccn2)CNC1.Cl.Cl. The number of carbonyl (C=O) groups is 1. The molecule has 2 rings (SSSR count). The van der Waals surface area contributed by atoms with Gasteiger partial charge in [0.2, 0.25) is 0 Å². The van der Waals surface area contributed by atoms with Crippen LogP contribution in [0.5, 0.6) is 0 Å². The van der Waals surface area contributed by atoms with Crippen LogP contribution in [0, 0.1) is 0 Å². The lowest BCUT2D eigenvalue weighted by molar-refractivity contribution is -0.144. The number of hydrogen-bond donors (Lipinski definition) is 1. The highest BCUT2D eigenvalue weighted by molar-refractivity contribution is 5.85. The van der Waals surface area contributed by atoms with Crippen LogP contribution in [0.2, 0.25) is 0 Å². The molecule has 92 valence electrons. The number of aromatic nitrogens is 2. The van der Waals surface area contributed by atoms with Gasteiger partial charge in [-0.25, -0.2) is 0 Å². The molecule has 7 heteroatoms. The molecule has 1 N–H and O–H groups in total. The van der Waals surface area contributed by atoms with Crippen molar-refractivity contribution in [1.82, 2.24) is 15.1 Å². The van der Waals surface area contributed by atoms with E-state index in [9.17, 15) is 4.79 Å². The number of ether oxygens (including phenoxy) is 1. The zero-order valence-corrected chi connectivity index (χ0v) is 10.5. The summed E-state index contributed by atoms with van der Waals surface area (Å²) in [7, 11) is 1.41. The number of rotatable bonds is 3. The van der Waals surface area contributed by atoms with E-state index in [0.717, 1.165) is 13.1 Å². The van der Waals surface area contributed by atoms with Gasteiger partial charge >= 0.3 is 5.97 Å². The summed E-state index contributed by atoms with van der Waals surface area (Å²) in [6.45, 7) is 1.54. The third-order valence-electron chi connectivity index (χ3n) is 2.60. The molecule has 0 atom stereocenters. The predicted octanol–water partition coefficient (Wildman–Crippen LogP) is 0.588. The Morgan fingerprint density at radius 3 is 2.62 bits per heavy atom. The quantitative estimate of drug-likeness (QED) is 0.815. The van der Waals surface area contributed by atoms with Crippen molar-refractivity contribution in [3.05, 3.63) is 18.5 Å². The Labute approximate surface area is 106 Å². The van der Waals surface area contributed by atoms with Gasteiger partial charge in [0, 0.05) is 25.5 Å². The van der Waals surface area contributed by atoms with Gasteiger partial charge in [-0.15, -0.1) is 24.8 Å². The van der Waals surface area contributed by atoms with E-state index in [-0.39, 0.29) is 36.3 Å². The lowest BCUT2D eigenvalue weighted by Gasteiger charge is -2.41. The Morgan fingerprint density at radius 1 is 1.56 bits per heavy atom. The minimum absolute atomic E-state index is 0. The molecule has 1 fully saturated rings. The Kier molecular flexibility index (Phi) is 5.78. The normalized spacial score (nSPS) is 16.3. The van der Waals surface area contributed by atoms with Crippen molar-refractivity contribution >= 4 is 30.8 Å². The van der Waals surface area contributed by atoms with E-state index in [2.05, 4.69) is 15.2 Å². The summed E-state index contributed by atoms with van der Waals surface area (Å²) in [4.78, 5) is 11.2. The van der Waals surface area contributed by atoms with Gasteiger partial charge in [0.05, 0.1) is 19.1 Å². The minimum Gasteiger partial charge on any atom is -0.469 e. The van der Waals surface area contributed by atoms with Crippen molar-refractivity contribution in [3.8, 4) is 0 Å². The maximum Gasteiger partial charge on any atom is 0.308 e. The van der Waals surface area contributed by atoms with Crippen LogP contribution in [-0.4, -0.2) is 35.9 Å². The smallest absolute Gasteiger partial charge is 0.308 e. The van der Waals surface area contributed by atoms with Gasteiger partial charge in [-0.3, -0.25) is 9.48 Å². The van der Waals surface area contributed by atoms with Crippen LogP contribution in [0.1, 0.15) is 6.42 Å². The number of nitrogens with zero attached hydrogens (tertiary/aromatic N) is 2. The monoisotopic (exact) mass is 267 g/mol. The molecule has 0 radical (unpaired) electrons. The van der Waals surface area contributed by atoms with E-state index in [1.165, 1.54) is 7.11 Å². The first kappa shape index (κ1) is 15.2. The molecular formula is C9H15Cl2N3O2. The number of nitrogens with one attached hydrogen (secondary N) is 1. The second-order valence-corrected chi connectivity index (χ2v) is 3.53. The Bertz CT molecular complexity index is 326. The highest BCUT2D eigenvalue weighted by atomic mass is 35.5. The van der Waals surface area contributed by atoms with Crippen LogP contribution in [0.3, 0.4) is 0 Å². The molecule has 1 aliphatic heterocycles. The van der Waals surface area contributed by atoms with Crippen molar-refractivity contribution in [1.29, 1.82) is 0 Å². The maximum atomic E-state index is 11.2. The van der Waals surface area contributed by atoms with Crippen molar-refractivity contribution < 1.29 is 9.53 Å². The van der Waals surface area contributed by atoms with Crippen LogP contribution in [0.25, 0.3) is 0 Å². The molecule has 2 heterocycles. The second kappa shape index (κ2) is 6.08. The van der Waals surface area contributed by atoms with Gasteiger partial charge in [0.15, 0.2) is 0 Å². The van der Waals surface area contributed by atoms with E-state index in [4.69, 9.17) is 0 Å². The number of esters is 1. The number of halogens is 2. The molecule has 0 bridgehead atoms. The van der Waals surface area contributed by atoms with Gasteiger partial charge < -0.3 is 10.1 Å². The summed E-state index contributed by atoms with van der Waals surface area (Å²) in [5, 5.41) is 7.32. The van der Waals surface area contributed by atoms with Crippen molar-refractivity contribution in [2.24, 2.45) is 0 Å². The van der Waals surface area contributed by atoms with E-state index in [1.54, 1.807) is 6.20 Å². The molecule has 0 spiro atoms. The van der Waals surface area contributed by atoms with Crippen LogP contribution in [0.15, 0.2) is 18.5 Å². The van der Waals surface area contributed by atoms with Crippen LogP contribution in [0.4, 0.5) is 0 Å². The molecule has 0 saturated carbocycles. The fourth-order valence-corrected chi connectivity index (χ4v) is 1.67. The van der Waals surface area contributed by atoms with Crippen LogP contribution in [-0.2, 0) is 15.1 Å². The molecule has 1 aromatic heterocycles. The standard InChI is InChI=1S/C9H13N3O2.2ClH/c1-14-8(13)5-9(6-10-7-9)12-4-2-3-11-12;;/h2-4,10H,5-7H2,1H3;2*1H. The summed E-state index contributed by atoms with van der Waals surface area (Å²) in [5.41, 5.74) is -0.212. The number of hydrogen-bond acceptors (Lipinski definition) is 4. The molecule has 0 amide bonds. The van der Waals surface area contributed by atoms with E-state index < -0.39 is 0 Å². The van der Waals surface area contributed by atoms with E-state index in [1.807, 2.05) is 16.9 Å². The summed E-state index contributed by atoms with van der Waals surface area (Å²) in [6, 6.07) is 1.86. The van der Waals surface area contributed by atoms with Gasteiger partial charge in [-0.2, -0.15) is 5.10 Å². The van der Waals surface area contributed by atoms with E-state index >= 15 is 0 Å². The summed E-state index contributed by atoms with van der Waals surface area (Å²) in [5.74, 6) is -0.193. The topological polar surface area (TPSA) is 56.2 Å². The summed E-state index contributed by atoms with van der Waals surface area (Å²) >= 11 is 0. The minimum atomic E-state index is -0.212. The second-order valence-electron chi connectivity index (χ2n) is 3.53. The number of methoxy groups -OCH3 is 1. The van der Waals surface area contributed by atoms with Gasteiger partial charge in [0.1, 0.15) is 0 Å². The van der Waals surface area contributed by atoms with Gasteiger partial charge in [-0.05, 0) is 6.07 Å². The molecule has 1 aromatic rings. The van der Waals surface area contributed by atoms with Gasteiger partial charge in [0.25, 0.3) is 0 Å². The fourth-order valence-electron chi connectivity index (χ4n) is 1.67. The first-order chi connectivity index (χ1) is 6.77. The zero-order chi connectivity index (χ0) is 10.0. The van der Waals surface area contributed by atoms with Crippen molar-refractivity contribution in [2.45, 2.75) is 12.0 Å². The Hall–Kier alpha value is -0.780. The zero-order valence-electron chi connectivity index (χ0n) is 8.88. The molecule has 1 aliphatic rings. The largest absolute Gasteiger partial charge is 0.469 e. The highest BCUT2D eigenvalue weighted by Crippen LogP contribution is 2.25. The third-order valence-corrected chi connectivity index (χ3v) is 2.60. The fraction of sp³-hybridized carbons (Fsp3) is 0.556. The molecule has 16 heavy (non-hydrogen) atoms. The molecule has 0 aromatic carbocycles. The molecular weight excluding hydrogens is 253 g/mol.